The van der Waals surface area contributed by atoms with Crippen LogP contribution in [0.25, 0.3) is 11.1 Å². The van der Waals surface area contributed by atoms with Crippen LogP contribution in [0.4, 0.5) is 0 Å². The second-order valence-corrected chi connectivity index (χ2v) is 12.8. The van der Waals surface area contributed by atoms with E-state index in [4.69, 9.17) is 0 Å². The number of carbonyl (C=O) groups excluding carboxylic acids is 3. The van der Waals surface area contributed by atoms with Crippen LogP contribution in [0, 0.1) is 0 Å². The predicted octanol–water partition coefficient (Wildman–Crippen LogP) is 4.30. The molecule has 3 unspecified atom stereocenters. The van der Waals surface area contributed by atoms with Crippen LogP contribution in [-0.4, -0.2) is 84.0 Å². The summed E-state index contributed by atoms with van der Waals surface area (Å²) in [4.78, 5) is 44.8. The van der Waals surface area contributed by atoms with Crippen molar-refractivity contribution in [3.63, 3.8) is 0 Å². The highest BCUT2D eigenvalue weighted by Crippen LogP contribution is 2.22. The molecule has 3 atom stereocenters. The highest BCUT2D eigenvalue weighted by molar-refractivity contribution is 7.09. The zero-order valence-corrected chi connectivity index (χ0v) is 27.4. The second-order valence-electron chi connectivity index (χ2n) is 11.8. The van der Waals surface area contributed by atoms with Gasteiger partial charge in [0, 0.05) is 43.9 Å². The summed E-state index contributed by atoms with van der Waals surface area (Å²) >= 11 is 1.51. The molecule has 3 aromatic rings. The zero-order chi connectivity index (χ0) is 32.3. The topological polar surface area (TPSA) is 102 Å². The predicted molar refractivity (Wildman–Crippen MR) is 178 cm³/mol. The fourth-order valence-electron chi connectivity index (χ4n) is 4.68. The van der Waals surface area contributed by atoms with E-state index >= 15 is 0 Å². The Bertz CT molecular complexity index is 1370. The fourth-order valence-corrected chi connectivity index (χ4v) is 5.43. The minimum atomic E-state index is -0.854. The first-order chi connectivity index (χ1) is 20.9. The van der Waals surface area contributed by atoms with Crippen LogP contribution >= 0.6 is 11.3 Å². The smallest absolute Gasteiger partial charge is 0.246 e. The number of benzene rings is 2. The van der Waals surface area contributed by atoms with Crippen molar-refractivity contribution < 1.29 is 19.5 Å². The van der Waals surface area contributed by atoms with Gasteiger partial charge in [0.1, 0.15) is 12.1 Å². The van der Waals surface area contributed by atoms with Gasteiger partial charge in [0.15, 0.2) is 0 Å². The summed E-state index contributed by atoms with van der Waals surface area (Å²) in [6, 6.07) is 20.2. The fraction of sp³-hybridized carbons (Fsp3) is 0.400. The average Bonchev–Trinajstić information content (AvgIpc) is 3.54. The quantitative estimate of drug-likeness (QED) is 0.221. The summed E-state index contributed by atoms with van der Waals surface area (Å²) in [7, 11) is 5.11. The third kappa shape index (κ3) is 10.1. The Morgan fingerprint density at radius 1 is 0.909 bits per heavy atom. The van der Waals surface area contributed by atoms with Crippen molar-refractivity contribution in [3.05, 3.63) is 94.7 Å². The number of aliphatic hydroxyl groups excluding tert-OH is 1. The van der Waals surface area contributed by atoms with Gasteiger partial charge in [-0.25, -0.2) is 0 Å². The number of hydrogen-bond acceptors (Lipinski definition) is 6. The minimum Gasteiger partial charge on any atom is -0.392 e. The molecule has 8 nitrogen and oxygen atoms in total. The van der Waals surface area contributed by atoms with Gasteiger partial charge in [-0.05, 0) is 68.5 Å². The van der Waals surface area contributed by atoms with Crippen molar-refractivity contribution >= 4 is 29.1 Å². The summed E-state index contributed by atoms with van der Waals surface area (Å²) in [6.45, 7) is 5.75. The lowest BCUT2D eigenvalue weighted by molar-refractivity contribution is -0.146. The second kappa shape index (κ2) is 16.3. The van der Waals surface area contributed by atoms with Crippen molar-refractivity contribution in [1.29, 1.82) is 0 Å². The van der Waals surface area contributed by atoms with Gasteiger partial charge in [-0.3, -0.25) is 14.4 Å². The normalized spacial score (nSPS) is 13.7. The van der Waals surface area contributed by atoms with E-state index in [1.807, 2.05) is 99.1 Å². The van der Waals surface area contributed by atoms with Gasteiger partial charge in [-0.15, -0.1) is 11.3 Å². The largest absolute Gasteiger partial charge is 0.392 e. The van der Waals surface area contributed by atoms with E-state index in [1.165, 1.54) is 27.2 Å². The maximum absolute atomic E-state index is 14.2. The number of thiophene rings is 1. The molecule has 0 radical (unpaired) electrons. The van der Waals surface area contributed by atoms with Crippen LogP contribution in [0.2, 0.25) is 0 Å². The van der Waals surface area contributed by atoms with Crippen molar-refractivity contribution in [2.45, 2.75) is 63.8 Å². The third-order valence-corrected chi connectivity index (χ3v) is 8.72. The number of carbonyl (C=O) groups is 3. The minimum absolute atomic E-state index is 0.0745. The van der Waals surface area contributed by atoms with Gasteiger partial charge in [-0.2, -0.15) is 0 Å². The molecule has 44 heavy (non-hydrogen) atoms. The number of likely N-dealkylation sites (N-methyl/N-ethyl adjacent to an activating group) is 2. The van der Waals surface area contributed by atoms with Crippen LogP contribution < -0.4 is 10.6 Å². The summed E-state index contributed by atoms with van der Waals surface area (Å²) in [5.74, 6) is -0.993. The van der Waals surface area contributed by atoms with E-state index in [1.54, 1.807) is 21.0 Å². The molecule has 0 spiro atoms. The van der Waals surface area contributed by atoms with Gasteiger partial charge in [0.25, 0.3) is 0 Å². The Morgan fingerprint density at radius 2 is 1.57 bits per heavy atom. The van der Waals surface area contributed by atoms with Gasteiger partial charge in [-0.1, -0.05) is 66.7 Å². The lowest BCUT2D eigenvalue weighted by atomic mass is 9.98. The molecule has 2 aromatic carbocycles. The maximum atomic E-state index is 14.2. The molecule has 0 aliphatic heterocycles. The Kier molecular flexibility index (Phi) is 12.9. The van der Waals surface area contributed by atoms with E-state index < -0.39 is 18.2 Å². The molecule has 0 fully saturated rings. The molecule has 0 aliphatic carbocycles. The molecule has 0 saturated heterocycles. The number of aliphatic hydroxyl groups is 1. The molecule has 0 saturated carbocycles. The molecule has 0 aliphatic rings. The third-order valence-electron chi connectivity index (χ3n) is 7.82. The highest BCUT2D eigenvalue weighted by atomic mass is 32.1. The van der Waals surface area contributed by atoms with E-state index in [0.717, 1.165) is 21.6 Å². The van der Waals surface area contributed by atoms with E-state index in [0.29, 0.717) is 12.8 Å². The lowest BCUT2D eigenvalue weighted by Crippen LogP contribution is -2.56. The van der Waals surface area contributed by atoms with Gasteiger partial charge in [0.05, 0.1) is 6.10 Å². The summed E-state index contributed by atoms with van der Waals surface area (Å²) in [6.07, 6.45) is 3.83. The van der Waals surface area contributed by atoms with Crippen molar-refractivity contribution in [1.82, 2.24) is 20.4 Å². The molecular weight excluding hydrogens is 572 g/mol. The van der Waals surface area contributed by atoms with Crippen LogP contribution in [-0.2, 0) is 27.2 Å². The van der Waals surface area contributed by atoms with Crippen LogP contribution in [0.15, 0.2) is 84.3 Å². The number of nitrogens with zero attached hydrogens (tertiary/aromatic N) is 2. The Labute approximate surface area is 265 Å². The molecule has 3 rings (SSSR count). The van der Waals surface area contributed by atoms with E-state index in [9.17, 15) is 19.5 Å². The summed E-state index contributed by atoms with van der Waals surface area (Å²) < 4.78 is 0. The highest BCUT2D eigenvalue weighted by Gasteiger charge is 2.35. The monoisotopic (exact) mass is 618 g/mol. The first-order valence-corrected chi connectivity index (χ1v) is 15.8. The average molecular weight is 619 g/mol. The van der Waals surface area contributed by atoms with E-state index in [-0.39, 0.29) is 36.2 Å². The number of hydrogen-bond donors (Lipinski definition) is 3. The summed E-state index contributed by atoms with van der Waals surface area (Å²) in [5, 5.41) is 17.7. The van der Waals surface area contributed by atoms with Crippen LogP contribution in [0.5, 0.6) is 0 Å². The molecule has 236 valence electrons. The molecule has 0 bridgehead atoms. The zero-order valence-electron chi connectivity index (χ0n) is 26.6. The van der Waals surface area contributed by atoms with Gasteiger partial charge < -0.3 is 25.5 Å². The first-order valence-electron chi connectivity index (χ1n) is 14.9. The van der Waals surface area contributed by atoms with Crippen LogP contribution in [0.1, 0.15) is 37.6 Å². The van der Waals surface area contributed by atoms with Gasteiger partial charge in [0.2, 0.25) is 17.7 Å². The van der Waals surface area contributed by atoms with Crippen molar-refractivity contribution in [3.8, 4) is 11.1 Å². The molecule has 3 N–H and O–H groups in total. The van der Waals surface area contributed by atoms with Crippen LogP contribution in [0.3, 0.4) is 0 Å². The Morgan fingerprint density at radius 3 is 2.16 bits per heavy atom. The van der Waals surface area contributed by atoms with E-state index in [2.05, 4.69) is 10.6 Å². The lowest BCUT2D eigenvalue weighted by Gasteiger charge is -2.34. The number of nitrogens with one attached hydrogen (secondary N) is 2. The summed E-state index contributed by atoms with van der Waals surface area (Å²) in [5.41, 5.74) is 2.86. The van der Waals surface area contributed by atoms with Crippen molar-refractivity contribution in [2.24, 2.45) is 0 Å². The Hall–Kier alpha value is -3.79. The molecule has 3 amide bonds. The maximum Gasteiger partial charge on any atom is 0.246 e. The molecule has 9 heteroatoms. The van der Waals surface area contributed by atoms with Crippen molar-refractivity contribution in [2.75, 3.05) is 27.7 Å². The number of amides is 3. The standard InChI is InChI=1S/C35H46N4O4S/c1-25(40)24-37-33(42)30(23-29-14-11-21-44-29)39(6)34(43)31(38(5)32(41)15-10-20-35(2,3)36-4)22-26-16-18-28(19-17-26)27-12-8-7-9-13-27/h7-19,21,25,30-31,36,40H,20,22-24H2,1-6H3,(H,37,42)/b15-10+. The molecule has 1 heterocycles. The molecule has 1 aromatic heterocycles. The van der Waals surface area contributed by atoms with Gasteiger partial charge >= 0.3 is 0 Å². The Balaban J connectivity index is 1.91. The first kappa shape index (κ1) is 34.7. The SMILES string of the molecule is CNC(C)(C)C/C=C/C(=O)N(C)C(Cc1ccc(-c2ccccc2)cc1)C(=O)N(C)C(Cc1cccs1)C(=O)NCC(C)O. The number of rotatable bonds is 15. The molecular formula is C35H46N4O4S.